The van der Waals surface area contributed by atoms with Crippen LogP contribution < -0.4 is 0 Å². The van der Waals surface area contributed by atoms with E-state index in [-0.39, 0.29) is 0 Å². The van der Waals surface area contributed by atoms with Gasteiger partial charge >= 0.3 is 0 Å². The van der Waals surface area contributed by atoms with E-state index < -0.39 is 0 Å². The molecule has 0 aliphatic carbocycles. The number of aromatic nitrogens is 2. The van der Waals surface area contributed by atoms with Crippen LogP contribution in [0, 0.1) is 0 Å². The molecule has 0 saturated carbocycles. The zero-order chi connectivity index (χ0) is 33.0. The smallest absolute Gasteiger partial charge is 0.161 e. The van der Waals surface area contributed by atoms with Crippen LogP contribution in [0.1, 0.15) is 0 Å². The van der Waals surface area contributed by atoms with Crippen LogP contribution in [0.15, 0.2) is 174 Å². The second-order valence-corrected chi connectivity index (χ2v) is 13.6. The molecular formula is C46H28N2OS. The maximum atomic E-state index is 6.71. The minimum atomic E-state index is 0.663. The first-order valence-electron chi connectivity index (χ1n) is 16.7. The standard InChI is InChI=1S/C46H28N2OS/c1-3-11-29(12-4-1)30-19-21-32(22-20-30)40-28-39(31-13-5-2-6-14-31)47-46(48-40)37-25-24-34(45-44(37)36-16-7-9-17-41(36)49-45)33-23-26-43-38(27-33)35-15-8-10-18-42(35)50-43/h1-28H. The van der Waals surface area contributed by atoms with E-state index in [2.05, 4.69) is 146 Å². The summed E-state index contributed by atoms with van der Waals surface area (Å²) >= 11 is 1.83. The molecule has 3 heterocycles. The number of fused-ring (bicyclic) bond motifs is 6. The minimum Gasteiger partial charge on any atom is -0.455 e. The van der Waals surface area contributed by atoms with Crippen LogP contribution in [0.2, 0.25) is 0 Å². The van der Waals surface area contributed by atoms with Crippen molar-refractivity contribution in [1.29, 1.82) is 0 Å². The Kier molecular flexibility index (Phi) is 6.68. The predicted molar refractivity (Wildman–Crippen MR) is 209 cm³/mol. The van der Waals surface area contributed by atoms with Gasteiger partial charge in [-0.1, -0.05) is 127 Å². The van der Waals surface area contributed by atoms with E-state index in [1.54, 1.807) is 0 Å². The summed E-state index contributed by atoms with van der Waals surface area (Å²) in [5, 5.41) is 4.60. The van der Waals surface area contributed by atoms with Crippen molar-refractivity contribution in [3.05, 3.63) is 170 Å². The van der Waals surface area contributed by atoms with Crippen LogP contribution in [0.5, 0.6) is 0 Å². The van der Waals surface area contributed by atoms with Gasteiger partial charge in [0.05, 0.1) is 11.4 Å². The van der Waals surface area contributed by atoms with Gasteiger partial charge in [0.15, 0.2) is 5.82 Å². The quantitative estimate of drug-likeness (QED) is 0.185. The fraction of sp³-hybridized carbons (Fsp3) is 0. The average molecular weight is 657 g/mol. The molecule has 0 amide bonds. The highest BCUT2D eigenvalue weighted by Gasteiger charge is 2.20. The molecule has 0 bridgehead atoms. The molecule has 234 valence electrons. The normalized spacial score (nSPS) is 11.6. The van der Waals surface area contributed by atoms with Crippen LogP contribution >= 0.6 is 11.3 Å². The van der Waals surface area contributed by atoms with Crippen molar-refractivity contribution in [2.24, 2.45) is 0 Å². The van der Waals surface area contributed by atoms with Crippen molar-refractivity contribution >= 4 is 53.4 Å². The Hall–Kier alpha value is -6.36. The van der Waals surface area contributed by atoms with Gasteiger partial charge < -0.3 is 4.42 Å². The number of para-hydroxylation sites is 1. The minimum absolute atomic E-state index is 0.663. The Morgan fingerprint density at radius 2 is 0.960 bits per heavy atom. The third kappa shape index (κ3) is 4.80. The predicted octanol–water partition coefficient (Wildman–Crippen LogP) is 13.1. The van der Waals surface area contributed by atoms with E-state index in [0.717, 1.165) is 61.1 Å². The molecule has 0 aliphatic heterocycles. The van der Waals surface area contributed by atoms with Crippen LogP contribution in [0.4, 0.5) is 0 Å². The van der Waals surface area contributed by atoms with Crippen molar-refractivity contribution < 1.29 is 4.42 Å². The Morgan fingerprint density at radius 1 is 0.400 bits per heavy atom. The molecule has 0 fully saturated rings. The Labute approximate surface area is 292 Å². The lowest BCUT2D eigenvalue weighted by Gasteiger charge is -2.12. The van der Waals surface area contributed by atoms with E-state index in [0.29, 0.717) is 5.82 Å². The van der Waals surface area contributed by atoms with Crippen molar-refractivity contribution in [2.75, 3.05) is 0 Å². The van der Waals surface area contributed by atoms with E-state index >= 15 is 0 Å². The first-order valence-corrected chi connectivity index (χ1v) is 17.6. The molecule has 0 N–H and O–H groups in total. The van der Waals surface area contributed by atoms with E-state index in [1.165, 1.54) is 31.3 Å². The Bertz CT molecular complexity index is 2850. The van der Waals surface area contributed by atoms with Crippen LogP contribution in [-0.2, 0) is 0 Å². The lowest BCUT2D eigenvalue weighted by Crippen LogP contribution is -1.97. The number of furan rings is 1. The van der Waals surface area contributed by atoms with Gasteiger partial charge in [0.25, 0.3) is 0 Å². The van der Waals surface area contributed by atoms with E-state index in [4.69, 9.17) is 14.4 Å². The summed E-state index contributed by atoms with van der Waals surface area (Å²) in [5.41, 5.74) is 11.0. The van der Waals surface area contributed by atoms with Crippen molar-refractivity contribution in [1.82, 2.24) is 9.97 Å². The number of rotatable bonds is 5. The highest BCUT2D eigenvalue weighted by molar-refractivity contribution is 7.25. The second-order valence-electron chi connectivity index (χ2n) is 12.5. The lowest BCUT2D eigenvalue weighted by molar-refractivity contribution is 0.670. The number of thiophene rings is 1. The first kappa shape index (κ1) is 28.6. The number of nitrogens with zero attached hydrogens (tertiary/aromatic N) is 2. The van der Waals surface area contributed by atoms with Gasteiger partial charge in [-0.3, -0.25) is 0 Å². The topological polar surface area (TPSA) is 38.9 Å². The molecule has 50 heavy (non-hydrogen) atoms. The van der Waals surface area contributed by atoms with Gasteiger partial charge in [-0.2, -0.15) is 0 Å². The molecule has 7 aromatic carbocycles. The van der Waals surface area contributed by atoms with Crippen LogP contribution in [0.25, 0.3) is 98.3 Å². The molecule has 0 unspecified atom stereocenters. The molecule has 3 nitrogen and oxygen atoms in total. The van der Waals surface area contributed by atoms with E-state index in [1.807, 2.05) is 35.6 Å². The second kappa shape index (κ2) is 11.7. The lowest BCUT2D eigenvalue weighted by atomic mass is 9.96. The third-order valence-corrected chi connectivity index (χ3v) is 10.7. The van der Waals surface area contributed by atoms with Gasteiger partial charge in [-0.25, -0.2) is 9.97 Å². The molecule has 0 aliphatic rings. The summed E-state index contributed by atoms with van der Waals surface area (Å²) in [6.45, 7) is 0. The fourth-order valence-corrected chi connectivity index (χ4v) is 8.16. The number of hydrogen-bond acceptors (Lipinski definition) is 4. The molecule has 0 atom stereocenters. The SMILES string of the molecule is c1ccc(-c2ccc(-c3cc(-c4ccccc4)nc(-c4ccc(-c5ccc6sc7ccccc7c6c5)c5oc6ccccc6c45)n3)cc2)cc1. The monoisotopic (exact) mass is 656 g/mol. The first-order chi connectivity index (χ1) is 24.8. The summed E-state index contributed by atoms with van der Waals surface area (Å²) in [6.07, 6.45) is 0. The van der Waals surface area contributed by atoms with Crippen LogP contribution in [0.3, 0.4) is 0 Å². The zero-order valence-electron chi connectivity index (χ0n) is 26.9. The number of benzene rings is 7. The van der Waals surface area contributed by atoms with Gasteiger partial charge in [-0.15, -0.1) is 11.3 Å². The van der Waals surface area contributed by atoms with Crippen LogP contribution in [-0.4, -0.2) is 9.97 Å². The van der Waals surface area contributed by atoms with Crippen molar-refractivity contribution in [2.45, 2.75) is 0 Å². The Morgan fingerprint density at radius 3 is 1.74 bits per heavy atom. The van der Waals surface area contributed by atoms with Gasteiger partial charge in [-0.05, 0) is 59.2 Å². The van der Waals surface area contributed by atoms with Gasteiger partial charge in [0, 0.05) is 53.2 Å². The maximum Gasteiger partial charge on any atom is 0.161 e. The molecule has 3 aromatic heterocycles. The molecule has 10 rings (SSSR count). The summed E-state index contributed by atoms with van der Waals surface area (Å²) in [4.78, 5) is 10.5. The largest absolute Gasteiger partial charge is 0.455 e. The van der Waals surface area contributed by atoms with Gasteiger partial charge in [0.1, 0.15) is 11.2 Å². The third-order valence-electron chi connectivity index (χ3n) is 9.54. The summed E-state index contributed by atoms with van der Waals surface area (Å²) in [6, 6.07) is 59.5. The van der Waals surface area contributed by atoms with E-state index in [9.17, 15) is 0 Å². The molecule has 0 radical (unpaired) electrons. The molecule has 10 aromatic rings. The highest BCUT2D eigenvalue weighted by Crippen LogP contribution is 2.43. The maximum absolute atomic E-state index is 6.71. The van der Waals surface area contributed by atoms with Crippen molar-refractivity contribution in [3.8, 4) is 56.2 Å². The average Bonchev–Trinajstić information content (AvgIpc) is 3.77. The highest BCUT2D eigenvalue weighted by atomic mass is 32.1. The molecule has 4 heteroatoms. The molecule has 0 spiro atoms. The molecule has 0 saturated heterocycles. The van der Waals surface area contributed by atoms with Gasteiger partial charge in [0.2, 0.25) is 0 Å². The summed E-state index contributed by atoms with van der Waals surface area (Å²) < 4.78 is 9.29. The van der Waals surface area contributed by atoms with Crippen molar-refractivity contribution in [3.63, 3.8) is 0 Å². The fourth-order valence-electron chi connectivity index (χ4n) is 7.07. The Balaban J connectivity index is 1.18. The summed E-state index contributed by atoms with van der Waals surface area (Å²) in [7, 11) is 0. The number of hydrogen-bond donors (Lipinski definition) is 0. The summed E-state index contributed by atoms with van der Waals surface area (Å²) in [5.74, 6) is 0.663. The zero-order valence-corrected chi connectivity index (χ0v) is 27.7. The molecular weight excluding hydrogens is 629 g/mol.